The number of ketones is 1. The maximum Gasteiger partial charge on any atom is 0.270 e. The van der Waals surface area contributed by atoms with E-state index in [1.165, 1.54) is 0 Å². The lowest BCUT2D eigenvalue weighted by atomic mass is 9.88. The van der Waals surface area contributed by atoms with E-state index in [1.807, 2.05) is 81.4 Å². The molecule has 1 aromatic heterocycles. The summed E-state index contributed by atoms with van der Waals surface area (Å²) in [7, 11) is 0. The van der Waals surface area contributed by atoms with Gasteiger partial charge < -0.3 is 44.2 Å². The zero-order valence-corrected chi connectivity index (χ0v) is 36.8. The number of fused-ring (bicyclic) bond motifs is 2. The van der Waals surface area contributed by atoms with Crippen LogP contribution in [0.3, 0.4) is 0 Å². The van der Waals surface area contributed by atoms with Crippen LogP contribution in [-0.2, 0) is 35.2 Å². The normalized spacial score (nSPS) is 13.9. The largest absolute Gasteiger partial charge is 0.370 e. The molecule has 342 valence electrons. The van der Waals surface area contributed by atoms with Gasteiger partial charge in [0.2, 0.25) is 29.5 Å². The summed E-state index contributed by atoms with van der Waals surface area (Å²) in [5.41, 5.74) is 23.3. The zero-order chi connectivity index (χ0) is 46.8. The highest BCUT2D eigenvalue weighted by Crippen LogP contribution is 2.22. The molecular formula is C47H62N10O7. The fourth-order valence-electron chi connectivity index (χ4n) is 7.29. The summed E-state index contributed by atoms with van der Waals surface area (Å²) in [5, 5.41) is 13.8. The van der Waals surface area contributed by atoms with Gasteiger partial charge in [-0.05, 0) is 66.5 Å². The molecule has 64 heavy (non-hydrogen) atoms. The van der Waals surface area contributed by atoms with Gasteiger partial charge in [-0.3, -0.25) is 38.6 Å². The molecule has 17 nitrogen and oxygen atoms in total. The van der Waals surface area contributed by atoms with Crippen molar-refractivity contribution in [3.63, 3.8) is 0 Å². The Balaban J connectivity index is 1.60. The molecule has 1 unspecified atom stereocenters. The number of carbonyl (C=O) groups excluding carboxylic acids is 7. The van der Waals surface area contributed by atoms with E-state index in [-0.39, 0.29) is 62.6 Å². The first-order chi connectivity index (χ1) is 30.6. The van der Waals surface area contributed by atoms with Crippen molar-refractivity contribution in [3.05, 3.63) is 90.1 Å². The lowest BCUT2D eigenvalue weighted by molar-refractivity contribution is -0.135. The fourth-order valence-corrected chi connectivity index (χ4v) is 7.29. The van der Waals surface area contributed by atoms with Gasteiger partial charge in [0, 0.05) is 30.7 Å². The second kappa shape index (κ2) is 24.7. The number of aromatic nitrogens is 1. The summed E-state index contributed by atoms with van der Waals surface area (Å²) in [6, 6.07) is 19.5. The number of para-hydroxylation sites is 1. The van der Waals surface area contributed by atoms with E-state index in [4.69, 9.17) is 22.9 Å². The molecule has 0 fully saturated rings. The third kappa shape index (κ3) is 15.2. The van der Waals surface area contributed by atoms with E-state index in [0.717, 1.165) is 21.7 Å². The van der Waals surface area contributed by atoms with Gasteiger partial charge in [0.1, 0.15) is 23.8 Å². The number of nitrogens with two attached hydrogens (primary N) is 4. The molecule has 0 radical (unpaired) electrons. The van der Waals surface area contributed by atoms with Gasteiger partial charge in [-0.1, -0.05) is 107 Å². The van der Waals surface area contributed by atoms with Crippen molar-refractivity contribution in [2.75, 3.05) is 6.54 Å². The summed E-state index contributed by atoms with van der Waals surface area (Å²) in [4.78, 5) is 103. The number of nitrogens with one attached hydrogen (secondary N) is 4. The molecule has 0 saturated heterocycles. The standard InChI is InChI=1S/C47H62N10O7/c1-4-6-15-35(54-46(64)41(28(3)5-2)57-45(63)37-21-20-31-13-9-10-16-34(31)53-37)39(58)27-33(26-29-18-19-30-12-7-8-14-32(30)25-29)43(61)56-38(22-23-40(48)59)44(62)55-36(42(49)60)17-11-24-52-47(50)51/h7-10,12-14,16,18-21,25,28,33,35-36,38,41H,4-6,11,15,17,22-24,26-27H2,1-3H3,(H2,48,59)(H2,49,60)(H,54,64)(H,55,62)(H,56,61)(H,57,63)(H4,50,51,52)/t28-,33?,35-,36-,38-,41-/m0/s1. The van der Waals surface area contributed by atoms with Crippen LogP contribution in [0.15, 0.2) is 83.9 Å². The molecule has 0 aliphatic heterocycles. The van der Waals surface area contributed by atoms with E-state index in [1.54, 1.807) is 18.2 Å². The lowest BCUT2D eigenvalue weighted by Gasteiger charge is -2.27. The predicted octanol–water partition coefficient (Wildman–Crippen LogP) is 2.80. The number of unbranched alkanes of at least 4 members (excludes halogenated alkanes) is 1. The van der Waals surface area contributed by atoms with Crippen LogP contribution >= 0.6 is 0 Å². The summed E-state index contributed by atoms with van der Waals surface area (Å²) in [6.45, 7) is 5.83. The molecular weight excluding hydrogens is 817 g/mol. The van der Waals surface area contributed by atoms with E-state index >= 15 is 0 Å². The van der Waals surface area contributed by atoms with Crippen LogP contribution in [0.25, 0.3) is 21.7 Å². The molecule has 0 aliphatic rings. The maximum absolute atomic E-state index is 14.4. The Kier molecular flexibility index (Phi) is 19.2. The number of hydrogen-bond donors (Lipinski definition) is 8. The molecule has 17 heteroatoms. The van der Waals surface area contributed by atoms with Gasteiger partial charge in [0.05, 0.1) is 11.6 Å². The Hall–Kier alpha value is -6.91. The van der Waals surface area contributed by atoms with Gasteiger partial charge in [-0.25, -0.2) is 4.98 Å². The van der Waals surface area contributed by atoms with Crippen molar-refractivity contribution in [1.82, 2.24) is 26.3 Å². The Morgan fingerprint density at radius 1 is 0.672 bits per heavy atom. The van der Waals surface area contributed by atoms with Gasteiger partial charge in [-0.2, -0.15) is 0 Å². The van der Waals surface area contributed by atoms with Gasteiger partial charge in [0.15, 0.2) is 11.7 Å². The third-order valence-corrected chi connectivity index (χ3v) is 11.2. The predicted molar refractivity (Wildman–Crippen MR) is 246 cm³/mol. The number of hydrogen-bond acceptors (Lipinski definition) is 9. The molecule has 4 aromatic rings. The van der Waals surface area contributed by atoms with Crippen LogP contribution in [0, 0.1) is 11.8 Å². The summed E-state index contributed by atoms with van der Waals surface area (Å²) < 4.78 is 0. The number of primary amides is 2. The van der Waals surface area contributed by atoms with Crippen molar-refractivity contribution in [3.8, 4) is 0 Å². The molecule has 0 aliphatic carbocycles. The highest BCUT2D eigenvalue weighted by Gasteiger charge is 2.34. The minimum atomic E-state index is -1.35. The van der Waals surface area contributed by atoms with Crippen LogP contribution in [0.2, 0.25) is 0 Å². The van der Waals surface area contributed by atoms with Gasteiger partial charge in [-0.15, -0.1) is 0 Å². The van der Waals surface area contributed by atoms with E-state index in [2.05, 4.69) is 31.2 Å². The van der Waals surface area contributed by atoms with E-state index in [0.29, 0.717) is 31.2 Å². The number of nitrogens with zero attached hydrogens (tertiary/aromatic N) is 2. The van der Waals surface area contributed by atoms with Crippen molar-refractivity contribution >= 4 is 68.9 Å². The highest BCUT2D eigenvalue weighted by atomic mass is 16.2. The third-order valence-electron chi connectivity index (χ3n) is 11.2. The average Bonchev–Trinajstić information content (AvgIpc) is 3.27. The Morgan fingerprint density at radius 2 is 1.31 bits per heavy atom. The van der Waals surface area contributed by atoms with Crippen molar-refractivity contribution < 1.29 is 33.6 Å². The minimum Gasteiger partial charge on any atom is -0.370 e. The minimum absolute atomic E-state index is 0.0695. The molecule has 4 rings (SSSR count). The fraction of sp³-hybridized carbons (Fsp3) is 0.426. The number of pyridine rings is 1. The smallest absolute Gasteiger partial charge is 0.270 e. The monoisotopic (exact) mass is 878 g/mol. The molecule has 0 spiro atoms. The first-order valence-corrected chi connectivity index (χ1v) is 21.8. The van der Waals surface area contributed by atoms with Crippen molar-refractivity contribution in [1.29, 1.82) is 0 Å². The van der Waals surface area contributed by atoms with Crippen LogP contribution in [0.5, 0.6) is 0 Å². The quantitative estimate of drug-likeness (QED) is 0.0259. The Bertz CT molecular complexity index is 2310. The van der Waals surface area contributed by atoms with Crippen LogP contribution in [0.1, 0.15) is 94.6 Å². The first-order valence-electron chi connectivity index (χ1n) is 21.8. The van der Waals surface area contributed by atoms with Crippen LogP contribution in [-0.4, -0.2) is 82.9 Å². The number of Topliss-reactive ketones (excluding diaryl/α,β-unsaturated/α-hetero) is 1. The molecule has 1 heterocycles. The number of guanidine groups is 1. The van der Waals surface area contributed by atoms with Crippen molar-refractivity contribution in [2.24, 2.45) is 39.8 Å². The second-order valence-electron chi connectivity index (χ2n) is 16.2. The summed E-state index contributed by atoms with van der Waals surface area (Å²) in [6.07, 6.45) is 1.69. The maximum atomic E-state index is 14.4. The van der Waals surface area contributed by atoms with Crippen molar-refractivity contribution in [2.45, 2.75) is 109 Å². The van der Waals surface area contributed by atoms with Gasteiger partial charge >= 0.3 is 0 Å². The molecule has 0 bridgehead atoms. The number of benzene rings is 3. The lowest BCUT2D eigenvalue weighted by Crippen LogP contribution is -2.55. The SMILES string of the molecule is CCCC[C@H](NC(=O)[C@@H](NC(=O)c1ccc2ccccc2n1)[C@@H](C)CC)C(=O)CC(Cc1ccc2ccccc2c1)C(=O)N[C@@H](CCC(N)=O)C(=O)N[C@@H](CCCN=C(N)N)C(N)=O. The molecule has 6 amide bonds. The van der Waals surface area contributed by atoms with Gasteiger partial charge in [0.25, 0.3) is 5.91 Å². The average molecular weight is 879 g/mol. The molecule has 6 atom stereocenters. The van der Waals surface area contributed by atoms with E-state index < -0.39 is 71.3 Å². The second-order valence-corrected chi connectivity index (χ2v) is 16.2. The number of carbonyl (C=O) groups is 7. The van der Waals surface area contributed by atoms with E-state index in [9.17, 15) is 33.6 Å². The highest BCUT2D eigenvalue weighted by molar-refractivity contribution is 6.00. The Labute approximate surface area is 373 Å². The zero-order valence-electron chi connectivity index (χ0n) is 36.8. The molecule has 12 N–H and O–H groups in total. The first kappa shape index (κ1) is 49.7. The summed E-state index contributed by atoms with van der Waals surface area (Å²) >= 11 is 0. The summed E-state index contributed by atoms with van der Waals surface area (Å²) in [5.74, 6) is -6.09. The number of rotatable bonds is 26. The topological polar surface area (TPSA) is 297 Å². The Morgan fingerprint density at radius 3 is 1.98 bits per heavy atom. The molecule has 0 saturated carbocycles. The van der Waals surface area contributed by atoms with Crippen LogP contribution in [0.4, 0.5) is 0 Å². The van der Waals surface area contributed by atoms with Crippen LogP contribution < -0.4 is 44.2 Å². The molecule has 3 aromatic carbocycles. The number of aliphatic imine (C=N–C) groups is 1. The number of amides is 6.